The van der Waals surface area contributed by atoms with E-state index in [4.69, 9.17) is 4.74 Å². The first kappa shape index (κ1) is 16.7. The first-order valence-corrected chi connectivity index (χ1v) is 6.07. The molecule has 0 saturated carbocycles. The molecule has 0 aromatic rings. The van der Waals surface area contributed by atoms with Crippen LogP contribution in [0.2, 0.25) is 0 Å². The minimum Gasteiger partial charge on any atom is -0.377 e. The Labute approximate surface area is 102 Å². The number of hydrogen-bond acceptors (Lipinski definition) is 2. The van der Waals surface area contributed by atoms with Crippen LogP contribution in [0.3, 0.4) is 0 Å². The number of alkyl halides is 3. The molecular formula is C12H24F3NO. The summed E-state index contributed by atoms with van der Waals surface area (Å²) in [7, 11) is 0. The molecule has 1 atom stereocenters. The Morgan fingerprint density at radius 1 is 1.18 bits per heavy atom. The van der Waals surface area contributed by atoms with E-state index in [-0.39, 0.29) is 24.7 Å². The molecule has 0 aromatic heterocycles. The smallest absolute Gasteiger partial charge is 0.377 e. The lowest BCUT2D eigenvalue weighted by atomic mass is 10.1. The zero-order chi connectivity index (χ0) is 13.5. The van der Waals surface area contributed by atoms with Crippen LogP contribution in [0.15, 0.2) is 0 Å². The predicted octanol–water partition coefficient (Wildman–Crippen LogP) is 3.51. The van der Waals surface area contributed by atoms with Crippen LogP contribution in [-0.4, -0.2) is 31.0 Å². The summed E-state index contributed by atoms with van der Waals surface area (Å²) in [5.74, 6) is 0. The van der Waals surface area contributed by atoms with Crippen LogP contribution in [0.25, 0.3) is 0 Å². The fourth-order valence-corrected chi connectivity index (χ4v) is 1.26. The highest BCUT2D eigenvalue weighted by Crippen LogP contribution is 2.21. The topological polar surface area (TPSA) is 21.3 Å². The molecular weight excluding hydrogens is 231 g/mol. The van der Waals surface area contributed by atoms with Gasteiger partial charge in [-0.25, -0.2) is 0 Å². The highest BCUT2D eigenvalue weighted by atomic mass is 19.4. The highest BCUT2D eigenvalue weighted by molar-refractivity contribution is 4.73. The van der Waals surface area contributed by atoms with Gasteiger partial charge in [-0.2, -0.15) is 13.2 Å². The number of rotatable bonds is 7. The van der Waals surface area contributed by atoms with Crippen LogP contribution in [0.5, 0.6) is 0 Å². The van der Waals surface area contributed by atoms with E-state index in [0.29, 0.717) is 6.54 Å². The second-order valence-corrected chi connectivity index (χ2v) is 5.25. The van der Waals surface area contributed by atoms with Crippen LogP contribution in [0, 0.1) is 0 Å². The van der Waals surface area contributed by atoms with E-state index in [1.807, 2.05) is 27.7 Å². The average molecular weight is 255 g/mol. The molecule has 0 bridgehead atoms. The van der Waals surface area contributed by atoms with Gasteiger partial charge in [0.15, 0.2) is 0 Å². The number of nitrogens with one attached hydrogen (secondary N) is 1. The van der Waals surface area contributed by atoms with Crippen LogP contribution in [0.1, 0.15) is 47.0 Å². The molecule has 0 aliphatic carbocycles. The Kier molecular flexibility index (Phi) is 7.09. The van der Waals surface area contributed by atoms with Crippen LogP contribution in [-0.2, 0) is 4.74 Å². The van der Waals surface area contributed by atoms with Gasteiger partial charge in [-0.15, -0.1) is 0 Å². The third-order valence-corrected chi connectivity index (χ3v) is 2.27. The molecule has 0 aliphatic heterocycles. The summed E-state index contributed by atoms with van der Waals surface area (Å²) in [6.07, 6.45) is -4.02. The number of ether oxygens (including phenoxy) is 1. The summed E-state index contributed by atoms with van der Waals surface area (Å²) in [5, 5.41) is 3.28. The van der Waals surface area contributed by atoms with E-state index in [0.717, 1.165) is 6.42 Å². The van der Waals surface area contributed by atoms with Gasteiger partial charge < -0.3 is 10.1 Å². The zero-order valence-corrected chi connectivity index (χ0v) is 11.2. The van der Waals surface area contributed by atoms with Crippen molar-refractivity contribution in [1.29, 1.82) is 0 Å². The van der Waals surface area contributed by atoms with Crippen LogP contribution >= 0.6 is 0 Å². The Balaban J connectivity index is 3.69. The van der Waals surface area contributed by atoms with Crippen molar-refractivity contribution in [2.24, 2.45) is 0 Å². The third kappa shape index (κ3) is 12.0. The van der Waals surface area contributed by atoms with Gasteiger partial charge in [0.1, 0.15) is 0 Å². The molecule has 0 fully saturated rings. The van der Waals surface area contributed by atoms with Gasteiger partial charge >= 0.3 is 6.18 Å². The molecule has 0 heterocycles. The fourth-order valence-electron chi connectivity index (χ4n) is 1.26. The second kappa shape index (κ2) is 7.21. The maximum atomic E-state index is 11.9. The SMILES string of the molecule is CCC(CNC(C)(C)C)OCCCC(F)(F)F. The second-order valence-electron chi connectivity index (χ2n) is 5.25. The summed E-state index contributed by atoms with van der Waals surface area (Å²) < 4.78 is 41.1. The number of hydrogen-bond donors (Lipinski definition) is 1. The fraction of sp³-hybridized carbons (Fsp3) is 1.00. The predicted molar refractivity (Wildman–Crippen MR) is 63.1 cm³/mol. The van der Waals surface area contributed by atoms with Crippen molar-refractivity contribution >= 4 is 0 Å². The summed E-state index contributed by atoms with van der Waals surface area (Å²) in [4.78, 5) is 0. The van der Waals surface area contributed by atoms with Gasteiger partial charge in [-0.05, 0) is 33.6 Å². The normalized spacial score (nSPS) is 15.0. The van der Waals surface area contributed by atoms with Gasteiger partial charge in [-0.1, -0.05) is 6.92 Å². The Morgan fingerprint density at radius 3 is 2.18 bits per heavy atom. The van der Waals surface area contributed by atoms with Crippen LogP contribution < -0.4 is 5.32 Å². The summed E-state index contributed by atoms with van der Waals surface area (Å²) in [6, 6.07) is 0. The highest BCUT2D eigenvalue weighted by Gasteiger charge is 2.26. The molecule has 0 aromatic carbocycles. The van der Waals surface area contributed by atoms with E-state index in [2.05, 4.69) is 5.32 Å². The van der Waals surface area contributed by atoms with E-state index in [9.17, 15) is 13.2 Å². The maximum absolute atomic E-state index is 11.9. The molecule has 0 spiro atoms. The third-order valence-electron chi connectivity index (χ3n) is 2.27. The van der Waals surface area contributed by atoms with Gasteiger partial charge in [0, 0.05) is 25.1 Å². The lowest BCUT2D eigenvalue weighted by Crippen LogP contribution is -2.41. The first-order valence-electron chi connectivity index (χ1n) is 6.07. The Morgan fingerprint density at radius 2 is 1.76 bits per heavy atom. The molecule has 2 nitrogen and oxygen atoms in total. The van der Waals surface area contributed by atoms with Gasteiger partial charge in [0.05, 0.1) is 6.10 Å². The van der Waals surface area contributed by atoms with Gasteiger partial charge in [-0.3, -0.25) is 0 Å². The molecule has 1 unspecified atom stereocenters. The van der Waals surface area contributed by atoms with Crippen molar-refractivity contribution < 1.29 is 17.9 Å². The summed E-state index contributed by atoms with van der Waals surface area (Å²) >= 11 is 0. The number of halogens is 3. The van der Waals surface area contributed by atoms with Crippen molar-refractivity contribution in [2.45, 2.75) is 64.8 Å². The maximum Gasteiger partial charge on any atom is 0.389 e. The summed E-state index contributed by atoms with van der Waals surface area (Å²) in [5.41, 5.74) is 0.00273. The molecule has 0 aliphatic rings. The average Bonchev–Trinajstić information content (AvgIpc) is 2.13. The minimum atomic E-state index is -4.07. The van der Waals surface area contributed by atoms with Crippen LogP contribution in [0.4, 0.5) is 13.2 Å². The quantitative estimate of drug-likeness (QED) is 0.703. The Hall–Kier alpha value is -0.290. The van der Waals surface area contributed by atoms with Gasteiger partial charge in [0.2, 0.25) is 0 Å². The van der Waals surface area contributed by atoms with E-state index in [1.54, 1.807) is 0 Å². The van der Waals surface area contributed by atoms with Crippen molar-refractivity contribution in [3.63, 3.8) is 0 Å². The minimum absolute atomic E-state index is 0.00273. The molecule has 0 radical (unpaired) electrons. The van der Waals surface area contributed by atoms with E-state index >= 15 is 0 Å². The first-order chi connectivity index (χ1) is 7.64. The van der Waals surface area contributed by atoms with E-state index < -0.39 is 12.6 Å². The van der Waals surface area contributed by atoms with Crippen molar-refractivity contribution in [1.82, 2.24) is 5.32 Å². The zero-order valence-electron chi connectivity index (χ0n) is 11.2. The monoisotopic (exact) mass is 255 g/mol. The molecule has 0 saturated heterocycles. The lowest BCUT2D eigenvalue weighted by Gasteiger charge is -2.25. The standard InChI is InChI=1S/C12H24F3NO/c1-5-10(9-16-11(2,3)4)17-8-6-7-12(13,14)15/h10,16H,5-9H2,1-4H3. The molecule has 5 heteroatoms. The molecule has 0 rings (SSSR count). The molecule has 104 valence electrons. The molecule has 0 amide bonds. The molecule has 17 heavy (non-hydrogen) atoms. The Bertz CT molecular complexity index is 199. The van der Waals surface area contributed by atoms with E-state index in [1.165, 1.54) is 0 Å². The van der Waals surface area contributed by atoms with Gasteiger partial charge in [0.25, 0.3) is 0 Å². The van der Waals surface area contributed by atoms with Crippen molar-refractivity contribution in [3.05, 3.63) is 0 Å². The summed E-state index contributed by atoms with van der Waals surface area (Å²) in [6.45, 7) is 8.95. The largest absolute Gasteiger partial charge is 0.389 e. The van der Waals surface area contributed by atoms with Crippen molar-refractivity contribution in [3.8, 4) is 0 Å². The van der Waals surface area contributed by atoms with Crippen molar-refractivity contribution in [2.75, 3.05) is 13.2 Å². The molecule has 1 N–H and O–H groups in total. The lowest BCUT2D eigenvalue weighted by molar-refractivity contribution is -0.138.